The molecule has 0 fully saturated rings. The molecule has 0 spiro atoms. The lowest BCUT2D eigenvalue weighted by Crippen LogP contribution is -2.26. The first-order valence-electron chi connectivity index (χ1n) is 5.11. The van der Waals surface area contributed by atoms with Gasteiger partial charge in [0, 0.05) is 4.47 Å². The highest BCUT2D eigenvalue weighted by atomic mass is 79.9. The van der Waals surface area contributed by atoms with E-state index in [2.05, 4.69) is 15.9 Å². The van der Waals surface area contributed by atoms with Gasteiger partial charge < -0.3 is 10.8 Å². The van der Waals surface area contributed by atoms with Gasteiger partial charge in [-0.15, -0.1) is 0 Å². The molecular formula is C12H18BrNO. The Morgan fingerprint density at radius 1 is 1.40 bits per heavy atom. The minimum Gasteiger partial charge on any atom is -0.390 e. The van der Waals surface area contributed by atoms with E-state index in [9.17, 15) is 5.11 Å². The third kappa shape index (κ3) is 3.93. The molecule has 0 aliphatic carbocycles. The second-order valence-corrected chi connectivity index (χ2v) is 5.33. The Morgan fingerprint density at radius 2 is 2.00 bits per heavy atom. The van der Waals surface area contributed by atoms with E-state index < -0.39 is 5.60 Å². The molecule has 1 unspecified atom stereocenters. The third-order valence-electron chi connectivity index (χ3n) is 2.38. The van der Waals surface area contributed by atoms with Gasteiger partial charge in [-0.05, 0) is 44.4 Å². The van der Waals surface area contributed by atoms with Gasteiger partial charge in [0.15, 0.2) is 0 Å². The summed E-state index contributed by atoms with van der Waals surface area (Å²) >= 11 is 3.51. The molecule has 0 aliphatic heterocycles. The van der Waals surface area contributed by atoms with E-state index >= 15 is 0 Å². The second-order valence-electron chi connectivity index (χ2n) is 4.47. The molecule has 3 N–H and O–H groups in total. The number of hydrogen-bond acceptors (Lipinski definition) is 2. The Labute approximate surface area is 99.6 Å². The van der Waals surface area contributed by atoms with Crippen molar-refractivity contribution in [1.82, 2.24) is 0 Å². The molecule has 2 nitrogen and oxygen atoms in total. The van der Waals surface area contributed by atoms with Crippen LogP contribution in [0.15, 0.2) is 28.7 Å². The summed E-state index contributed by atoms with van der Waals surface area (Å²) in [5.41, 5.74) is 6.24. The summed E-state index contributed by atoms with van der Waals surface area (Å²) in [6.45, 7) is 4.17. The number of nitrogens with two attached hydrogens (primary N) is 1. The Hall–Kier alpha value is -0.380. The molecule has 1 rings (SSSR count). The molecule has 1 aromatic carbocycles. The molecule has 84 valence electrons. The minimum atomic E-state index is -0.681. The van der Waals surface area contributed by atoms with Crippen molar-refractivity contribution in [2.75, 3.05) is 6.54 Å². The van der Waals surface area contributed by atoms with Crippen molar-refractivity contribution < 1.29 is 5.11 Å². The van der Waals surface area contributed by atoms with E-state index in [1.54, 1.807) is 0 Å². The first-order valence-corrected chi connectivity index (χ1v) is 5.90. The van der Waals surface area contributed by atoms with Crippen molar-refractivity contribution in [2.45, 2.75) is 31.8 Å². The maximum Gasteiger partial charge on any atom is 0.0598 e. The SMILES string of the molecule is CC(C)(O)CC(CN)c1ccccc1Br. The van der Waals surface area contributed by atoms with Crippen LogP contribution in [0, 0.1) is 0 Å². The lowest BCUT2D eigenvalue weighted by atomic mass is 9.88. The van der Waals surface area contributed by atoms with Gasteiger partial charge in [0.2, 0.25) is 0 Å². The molecule has 0 saturated heterocycles. The van der Waals surface area contributed by atoms with Crippen molar-refractivity contribution in [3.63, 3.8) is 0 Å². The molecule has 0 amide bonds. The summed E-state index contributed by atoms with van der Waals surface area (Å²) in [5, 5.41) is 9.80. The lowest BCUT2D eigenvalue weighted by Gasteiger charge is -2.25. The number of benzene rings is 1. The number of aliphatic hydroxyl groups is 1. The van der Waals surface area contributed by atoms with Gasteiger partial charge in [-0.1, -0.05) is 34.1 Å². The first kappa shape index (κ1) is 12.7. The van der Waals surface area contributed by atoms with Crippen LogP contribution in [0.1, 0.15) is 31.7 Å². The fourth-order valence-corrected chi connectivity index (χ4v) is 2.34. The van der Waals surface area contributed by atoms with Crippen molar-refractivity contribution >= 4 is 15.9 Å². The topological polar surface area (TPSA) is 46.2 Å². The van der Waals surface area contributed by atoms with Gasteiger partial charge in [-0.25, -0.2) is 0 Å². The summed E-state index contributed by atoms with van der Waals surface area (Å²) in [4.78, 5) is 0. The van der Waals surface area contributed by atoms with Gasteiger partial charge in [0.25, 0.3) is 0 Å². The smallest absolute Gasteiger partial charge is 0.0598 e. The molecule has 0 aliphatic rings. The summed E-state index contributed by atoms with van der Waals surface area (Å²) in [5.74, 6) is 0.195. The van der Waals surface area contributed by atoms with E-state index in [-0.39, 0.29) is 5.92 Å². The molecule has 15 heavy (non-hydrogen) atoms. The lowest BCUT2D eigenvalue weighted by molar-refractivity contribution is 0.0636. The van der Waals surface area contributed by atoms with E-state index in [0.29, 0.717) is 13.0 Å². The van der Waals surface area contributed by atoms with Crippen LogP contribution in [0.4, 0.5) is 0 Å². The Bertz CT molecular complexity index is 320. The standard InChI is InChI=1S/C12H18BrNO/c1-12(2,15)7-9(8-14)10-5-3-4-6-11(10)13/h3-6,9,15H,7-8,14H2,1-2H3. The van der Waals surface area contributed by atoms with Crippen molar-refractivity contribution in [3.05, 3.63) is 34.3 Å². The van der Waals surface area contributed by atoms with Gasteiger partial charge in [-0.2, -0.15) is 0 Å². The Balaban J connectivity index is 2.88. The highest BCUT2D eigenvalue weighted by Gasteiger charge is 2.21. The highest BCUT2D eigenvalue weighted by Crippen LogP contribution is 2.30. The van der Waals surface area contributed by atoms with Crippen molar-refractivity contribution in [2.24, 2.45) is 5.73 Å². The molecule has 1 aromatic rings. The normalized spacial score (nSPS) is 13.9. The third-order valence-corrected chi connectivity index (χ3v) is 3.10. The van der Waals surface area contributed by atoms with Crippen LogP contribution >= 0.6 is 15.9 Å². The van der Waals surface area contributed by atoms with Crippen LogP contribution in [0.5, 0.6) is 0 Å². The predicted octanol–water partition coefficient (Wildman–Crippen LogP) is 2.65. The highest BCUT2D eigenvalue weighted by molar-refractivity contribution is 9.10. The summed E-state index contributed by atoms with van der Waals surface area (Å²) < 4.78 is 1.06. The fraction of sp³-hybridized carbons (Fsp3) is 0.500. The van der Waals surface area contributed by atoms with E-state index in [4.69, 9.17) is 5.73 Å². The van der Waals surface area contributed by atoms with Gasteiger partial charge >= 0.3 is 0 Å². The van der Waals surface area contributed by atoms with Gasteiger partial charge in [0.1, 0.15) is 0 Å². The van der Waals surface area contributed by atoms with Gasteiger partial charge in [0.05, 0.1) is 5.60 Å². The van der Waals surface area contributed by atoms with Crippen molar-refractivity contribution in [3.8, 4) is 0 Å². The Morgan fingerprint density at radius 3 is 2.47 bits per heavy atom. The van der Waals surface area contributed by atoms with Gasteiger partial charge in [-0.3, -0.25) is 0 Å². The van der Waals surface area contributed by atoms with Crippen LogP contribution in [-0.2, 0) is 0 Å². The minimum absolute atomic E-state index is 0.195. The summed E-state index contributed by atoms with van der Waals surface area (Å²) in [6.07, 6.45) is 0.673. The van der Waals surface area contributed by atoms with E-state index in [1.807, 2.05) is 38.1 Å². The molecule has 0 heterocycles. The monoisotopic (exact) mass is 271 g/mol. The molecule has 1 atom stereocenters. The first-order chi connectivity index (χ1) is 6.94. The summed E-state index contributed by atoms with van der Waals surface area (Å²) in [7, 11) is 0. The zero-order valence-electron chi connectivity index (χ0n) is 9.20. The van der Waals surface area contributed by atoms with Crippen LogP contribution in [0.25, 0.3) is 0 Å². The second kappa shape index (κ2) is 5.10. The fourth-order valence-electron chi connectivity index (χ4n) is 1.73. The quantitative estimate of drug-likeness (QED) is 0.885. The molecule has 0 radical (unpaired) electrons. The summed E-state index contributed by atoms with van der Waals surface area (Å²) in [6, 6.07) is 8.02. The van der Waals surface area contributed by atoms with Crippen molar-refractivity contribution in [1.29, 1.82) is 0 Å². The molecule has 3 heteroatoms. The average Bonchev–Trinajstić information content (AvgIpc) is 2.14. The van der Waals surface area contributed by atoms with Crippen LogP contribution < -0.4 is 5.73 Å². The zero-order chi connectivity index (χ0) is 11.5. The van der Waals surface area contributed by atoms with E-state index in [1.165, 1.54) is 5.56 Å². The van der Waals surface area contributed by atoms with Crippen LogP contribution in [0.3, 0.4) is 0 Å². The largest absolute Gasteiger partial charge is 0.390 e. The van der Waals surface area contributed by atoms with E-state index in [0.717, 1.165) is 4.47 Å². The molecule has 0 aromatic heterocycles. The maximum absolute atomic E-state index is 9.80. The molecular weight excluding hydrogens is 254 g/mol. The predicted molar refractivity (Wildman–Crippen MR) is 66.9 cm³/mol. The molecule has 0 bridgehead atoms. The molecule has 0 saturated carbocycles. The van der Waals surface area contributed by atoms with Crippen LogP contribution in [0.2, 0.25) is 0 Å². The zero-order valence-corrected chi connectivity index (χ0v) is 10.8. The number of halogens is 1. The number of hydrogen-bond donors (Lipinski definition) is 2. The number of rotatable bonds is 4. The maximum atomic E-state index is 9.80. The van der Waals surface area contributed by atoms with Crippen LogP contribution in [-0.4, -0.2) is 17.3 Å². The Kier molecular flexibility index (Phi) is 4.32. The average molecular weight is 272 g/mol.